The standard InChI is InChI=1S/C60H52F2N2O2/c1-7-43(61)27-30-45(8-2)63(54-21-13-19-47-38(4)16-10-9-15-37(3)40(6)65-59(47)54)52-35-25-41-24-34-51-53(36-26-42-23-33-50(52)56(41)57(42)51)64(46-31-28-44(62)29-32-46)55-22-14-20-49-48-18-12-11-17-39(5)58(48)66-60(49)55/h8,10-17,19-36,38,40H,2,7,9,18H2,1,3-6H3/b16-10-,37-15-,43-27+,45-30+. The van der Waals surface area contributed by atoms with Crippen LogP contribution in [0.15, 0.2) is 192 Å². The van der Waals surface area contributed by atoms with Gasteiger partial charge in [-0.25, -0.2) is 8.78 Å². The Bertz CT molecular complexity index is 3380. The molecule has 0 saturated carbocycles. The summed E-state index contributed by atoms with van der Waals surface area (Å²) < 4.78 is 43.6. The maximum Gasteiger partial charge on any atom is 0.159 e. The van der Waals surface area contributed by atoms with Gasteiger partial charge in [0.25, 0.3) is 0 Å². The van der Waals surface area contributed by atoms with Crippen molar-refractivity contribution in [3.63, 3.8) is 0 Å². The van der Waals surface area contributed by atoms with E-state index in [1.165, 1.54) is 18.2 Å². The monoisotopic (exact) mass is 870 g/mol. The van der Waals surface area contributed by atoms with Crippen LogP contribution in [0, 0.1) is 5.82 Å². The molecule has 0 amide bonds. The summed E-state index contributed by atoms with van der Waals surface area (Å²) in [6.07, 6.45) is 19.8. The van der Waals surface area contributed by atoms with Crippen molar-refractivity contribution in [3.8, 4) is 5.75 Å². The van der Waals surface area contributed by atoms with Crippen LogP contribution in [0.4, 0.5) is 37.2 Å². The number of allylic oxidation sites excluding steroid dienone is 11. The predicted octanol–water partition coefficient (Wildman–Crippen LogP) is 17.7. The summed E-state index contributed by atoms with van der Waals surface area (Å²) in [4.78, 5) is 4.37. The van der Waals surface area contributed by atoms with Gasteiger partial charge >= 0.3 is 0 Å². The average molecular weight is 871 g/mol. The number of halogens is 2. The van der Waals surface area contributed by atoms with Crippen molar-refractivity contribution in [2.75, 3.05) is 9.80 Å². The molecule has 4 nitrogen and oxygen atoms in total. The Kier molecular flexibility index (Phi) is 11.3. The summed E-state index contributed by atoms with van der Waals surface area (Å²) in [6.45, 7) is 14.6. The number of ether oxygens (including phenoxy) is 1. The zero-order chi connectivity index (χ0) is 45.6. The Morgan fingerprint density at radius 1 is 0.773 bits per heavy atom. The van der Waals surface area contributed by atoms with E-state index < -0.39 is 0 Å². The van der Waals surface area contributed by atoms with Crippen LogP contribution >= 0.6 is 0 Å². The van der Waals surface area contributed by atoms with E-state index in [2.05, 4.69) is 165 Å². The number of fused-ring (bicyclic) bond motifs is 4. The molecule has 1 aromatic heterocycles. The number of para-hydroxylation sites is 2. The normalized spacial score (nSPS) is 18.0. The van der Waals surface area contributed by atoms with E-state index >= 15 is 4.39 Å². The number of anilines is 5. The zero-order valence-corrected chi connectivity index (χ0v) is 38.0. The lowest BCUT2D eigenvalue weighted by molar-refractivity contribution is 0.255. The van der Waals surface area contributed by atoms with E-state index in [0.29, 0.717) is 5.70 Å². The smallest absolute Gasteiger partial charge is 0.159 e. The van der Waals surface area contributed by atoms with E-state index in [1.54, 1.807) is 6.08 Å². The number of hydrogen-bond acceptors (Lipinski definition) is 4. The molecular formula is C60H52F2N2O2. The van der Waals surface area contributed by atoms with Crippen molar-refractivity contribution in [1.82, 2.24) is 0 Å². The van der Waals surface area contributed by atoms with Crippen LogP contribution < -0.4 is 14.5 Å². The molecule has 2 atom stereocenters. The Morgan fingerprint density at radius 2 is 1.47 bits per heavy atom. The van der Waals surface area contributed by atoms with E-state index in [0.717, 1.165) is 118 Å². The maximum absolute atomic E-state index is 15.1. The number of hydrogen-bond donors (Lipinski definition) is 0. The summed E-state index contributed by atoms with van der Waals surface area (Å²) in [6, 6.07) is 36.7. The molecule has 328 valence electrons. The summed E-state index contributed by atoms with van der Waals surface area (Å²) in [5.41, 5.74) is 10.2. The van der Waals surface area contributed by atoms with Gasteiger partial charge in [-0.15, -0.1) is 0 Å². The van der Waals surface area contributed by atoms with Crippen molar-refractivity contribution in [2.45, 2.75) is 65.9 Å². The van der Waals surface area contributed by atoms with Crippen LogP contribution in [-0.2, 0) is 6.42 Å². The SMILES string of the molecule is C=C/C(=C\C=C(\F)CC)N(c1cccc2c1OC(C)/C(C)=C\C/C=C\C2C)c1ccc2ccc3c(N(c4ccc(F)cc4)c4cccc5c6c(oc45)C(C)=CC=CC6)ccc4ccc1c2c43. The van der Waals surface area contributed by atoms with E-state index in [9.17, 15) is 4.39 Å². The minimum Gasteiger partial charge on any atom is -0.484 e. The number of benzene rings is 7. The van der Waals surface area contributed by atoms with Crippen molar-refractivity contribution in [1.29, 1.82) is 0 Å². The molecule has 0 fully saturated rings. The number of nitrogens with zero attached hydrogens (tertiary/aromatic N) is 2. The minimum absolute atomic E-state index is 0.0672. The van der Waals surface area contributed by atoms with Crippen LogP contribution in [-0.4, -0.2) is 6.10 Å². The lowest BCUT2D eigenvalue weighted by Crippen LogP contribution is -2.21. The van der Waals surface area contributed by atoms with Crippen molar-refractivity contribution in [3.05, 3.63) is 210 Å². The lowest BCUT2D eigenvalue weighted by atomic mass is 9.91. The summed E-state index contributed by atoms with van der Waals surface area (Å²) in [5, 5.41) is 7.40. The van der Waals surface area contributed by atoms with Gasteiger partial charge in [0.05, 0.1) is 28.6 Å². The van der Waals surface area contributed by atoms with Gasteiger partial charge in [0, 0.05) is 44.6 Å². The first-order valence-corrected chi connectivity index (χ1v) is 22.9. The van der Waals surface area contributed by atoms with Gasteiger partial charge < -0.3 is 19.0 Å². The lowest BCUT2D eigenvalue weighted by Gasteiger charge is -2.32. The van der Waals surface area contributed by atoms with Gasteiger partial charge in [-0.3, -0.25) is 0 Å². The highest BCUT2D eigenvalue weighted by atomic mass is 19.1. The second-order valence-electron chi connectivity index (χ2n) is 17.4. The van der Waals surface area contributed by atoms with E-state index in [4.69, 9.17) is 9.15 Å². The molecule has 8 aromatic rings. The molecule has 0 bridgehead atoms. The third-order valence-corrected chi connectivity index (χ3v) is 13.3. The maximum atomic E-state index is 15.1. The highest BCUT2D eigenvalue weighted by Crippen LogP contribution is 2.50. The first-order chi connectivity index (χ1) is 32.1. The molecule has 0 saturated heterocycles. The summed E-state index contributed by atoms with van der Waals surface area (Å²) in [7, 11) is 0. The zero-order valence-electron chi connectivity index (χ0n) is 38.0. The molecule has 1 aliphatic heterocycles. The molecule has 0 radical (unpaired) electrons. The Labute approximate surface area is 385 Å². The van der Waals surface area contributed by atoms with Gasteiger partial charge in [-0.1, -0.05) is 118 Å². The molecule has 66 heavy (non-hydrogen) atoms. The molecule has 0 spiro atoms. The highest BCUT2D eigenvalue weighted by Gasteiger charge is 2.28. The molecule has 10 rings (SSSR count). The van der Waals surface area contributed by atoms with Gasteiger partial charge in [-0.2, -0.15) is 0 Å². The fourth-order valence-electron chi connectivity index (χ4n) is 9.70. The molecule has 2 unspecified atom stereocenters. The fourth-order valence-corrected chi connectivity index (χ4v) is 9.70. The second kappa shape index (κ2) is 17.5. The first kappa shape index (κ1) is 42.5. The molecule has 2 heterocycles. The third-order valence-electron chi connectivity index (χ3n) is 13.3. The first-order valence-electron chi connectivity index (χ1n) is 22.9. The van der Waals surface area contributed by atoms with Gasteiger partial charge in [0.15, 0.2) is 5.58 Å². The van der Waals surface area contributed by atoms with E-state index in [-0.39, 0.29) is 30.1 Å². The van der Waals surface area contributed by atoms with Gasteiger partial charge in [0.1, 0.15) is 23.4 Å². The molecule has 0 N–H and O–H groups in total. The molecule has 6 heteroatoms. The fraction of sp³-hybridized carbons (Fsp3) is 0.167. The van der Waals surface area contributed by atoms with Crippen LogP contribution in [0.2, 0.25) is 0 Å². The van der Waals surface area contributed by atoms with Crippen LogP contribution in [0.3, 0.4) is 0 Å². The molecule has 1 aliphatic carbocycles. The van der Waals surface area contributed by atoms with Crippen LogP contribution in [0.1, 0.15) is 70.3 Å². The van der Waals surface area contributed by atoms with Crippen molar-refractivity contribution in [2.24, 2.45) is 0 Å². The quantitative estimate of drug-likeness (QED) is 0.0821. The molecular weight excluding hydrogens is 819 g/mol. The summed E-state index contributed by atoms with van der Waals surface area (Å²) in [5.74, 6) is 1.17. The largest absolute Gasteiger partial charge is 0.484 e. The number of furan rings is 1. The van der Waals surface area contributed by atoms with Gasteiger partial charge in [0.2, 0.25) is 0 Å². The summed E-state index contributed by atoms with van der Waals surface area (Å²) >= 11 is 0. The average Bonchev–Trinajstić information content (AvgIpc) is 3.62. The molecule has 7 aromatic carbocycles. The third kappa shape index (κ3) is 7.40. The van der Waals surface area contributed by atoms with Crippen molar-refractivity contribution >= 4 is 77.3 Å². The Balaban J connectivity index is 1.24. The van der Waals surface area contributed by atoms with E-state index in [1.807, 2.05) is 25.1 Å². The topological polar surface area (TPSA) is 28.9 Å². The van der Waals surface area contributed by atoms with Crippen LogP contribution in [0.25, 0.3) is 48.9 Å². The van der Waals surface area contributed by atoms with Crippen LogP contribution in [0.5, 0.6) is 5.75 Å². The Morgan fingerprint density at radius 3 is 2.21 bits per heavy atom. The Hall–Kier alpha value is -7.44. The second-order valence-corrected chi connectivity index (χ2v) is 17.4. The highest BCUT2D eigenvalue weighted by molar-refractivity contribution is 6.28. The predicted molar refractivity (Wildman–Crippen MR) is 273 cm³/mol. The molecule has 2 aliphatic rings. The van der Waals surface area contributed by atoms with Gasteiger partial charge in [-0.05, 0) is 139 Å². The number of rotatable bonds is 9. The van der Waals surface area contributed by atoms with Crippen molar-refractivity contribution < 1.29 is 17.9 Å². The minimum atomic E-state index is -0.309.